The van der Waals surface area contributed by atoms with Crippen LogP contribution >= 0.6 is 0 Å². The second-order valence-corrected chi connectivity index (χ2v) is 5.01. The van der Waals surface area contributed by atoms with Gasteiger partial charge in [0.25, 0.3) is 0 Å². The van der Waals surface area contributed by atoms with E-state index in [0.717, 1.165) is 24.3 Å². The molecule has 1 N–H and O–H groups in total. The summed E-state index contributed by atoms with van der Waals surface area (Å²) in [5, 5.41) is 8.88. The van der Waals surface area contributed by atoms with Crippen LogP contribution in [0, 0.1) is 0 Å². The lowest BCUT2D eigenvalue weighted by atomic mass is 9.95. The van der Waals surface area contributed by atoms with Gasteiger partial charge in [-0.05, 0) is 41.0 Å². The molecule has 0 bridgehead atoms. The minimum absolute atomic E-state index is 0.105. The van der Waals surface area contributed by atoms with Crippen molar-refractivity contribution in [1.29, 1.82) is 0 Å². The van der Waals surface area contributed by atoms with E-state index >= 15 is 0 Å². The Hall–Kier alpha value is -2.71. The summed E-state index contributed by atoms with van der Waals surface area (Å²) >= 11 is 0. The van der Waals surface area contributed by atoms with Crippen LogP contribution in [0.4, 0.5) is 26.3 Å². The molecule has 0 aromatic heterocycles. The van der Waals surface area contributed by atoms with E-state index in [4.69, 9.17) is 5.11 Å². The van der Waals surface area contributed by atoms with Crippen molar-refractivity contribution < 1.29 is 41.0 Å². The molecule has 0 aliphatic rings. The van der Waals surface area contributed by atoms with Gasteiger partial charge in [-0.1, -0.05) is 18.2 Å². The fourth-order valence-corrected chi connectivity index (χ4v) is 2.20. The number of carboxylic acids is 1. The maximum absolute atomic E-state index is 12.8. The zero-order valence-electron chi connectivity index (χ0n) is 12.3. The number of carboxylic acid groups (broad SMARTS) is 1. The highest BCUT2D eigenvalue weighted by atomic mass is 19.4. The molecule has 2 aromatic carbocycles. The topological polar surface area (TPSA) is 46.5 Å². The normalized spacial score (nSPS) is 12.1. The largest absolute Gasteiger partial charge is 0.573 e. The summed E-state index contributed by atoms with van der Waals surface area (Å²) in [6, 6.07) is 6.96. The first-order chi connectivity index (χ1) is 11.5. The van der Waals surface area contributed by atoms with Gasteiger partial charge in [-0.25, -0.2) is 0 Å². The Bertz CT molecular complexity index is 763. The summed E-state index contributed by atoms with van der Waals surface area (Å²) in [6.07, 6.45) is -10.2. The minimum Gasteiger partial charge on any atom is -0.481 e. The Labute approximate surface area is 137 Å². The van der Waals surface area contributed by atoms with Gasteiger partial charge in [0.2, 0.25) is 0 Å². The van der Waals surface area contributed by atoms with Gasteiger partial charge < -0.3 is 9.84 Å². The van der Waals surface area contributed by atoms with E-state index in [1.807, 2.05) is 0 Å². The summed E-state index contributed by atoms with van der Waals surface area (Å²) in [7, 11) is 0. The Morgan fingerprint density at radius 2 is 1.56 bits per heavy atom. The molecule has 134 valence electrons. The van der Waals surface area contributed by atoms with Crippen molar-refractivity contribution >= 4 is 5.97 Å². The number of hydrogen-bond donors (Lipinski definition) is 1. The fourth-order valence-electron chi connectivity index (χ4n) is 2.20. The van der Waals surface area contributed by atoms with Crippen molar-refractivity contribution in [3.8, 4) is 16.9 Å². The van der Waals surface area contributed by atoms with Crippen LogP contribution in [0.2, 0.25) is 0 Å². The highest BCUT2D eigenvalue weighted by Crippen LogP contribution is 2.34. The number of carbonyl (C=O) groups is 1. The molecule has 0 aliphatic carbocycles. The molecule has 0 fully saturated rings. The molecule has 25 heavy (non-hydrogen) atoms. The Morgan fingerprint density at radius 1 is 0.960 bits per heavy atom. The van der Waals surface area contributed by atoms with Gasteiger partial charge in [-0.15, -0.1) is 13.2 Å². The fraction of sp³-hybridized carbons (Fsp3) is 0.188. The number of alkyl halides is 6. The van der Waals surface area contributed by atoms with Gasteiger partial charge in [0.05, 0.1) is 12.0 Å². The minimum atomic E-state index is -4.87. The standard InChI is InChI=1S/C16H10F6O3/c17-15(18,19)11-3-6-13(10(7-11)8-14(23)24)9-1-4-12(5-2-9)25-16(20,21)22/h1-7H,8H2,(H,23,24). The molecule has 0 radical (unpaired) electrons. The van der Waals surface area contributed by atoms with Crippen molar-refractivity contribution in [3.63, 3.8) is 0 Å². The van der Waals surface area contributed by atoms with Crippen LogP contribution in [0.15, 0.2) is 42.5 Å². The van der Waals surface area contributed by atoms with Crippen LogP contribution in [0.5, 0.6) is 5.75 Å². The third-order valence-electron chi connectivity index (χ3n) is 3.17. The maximum Gasteiger partial charge on any atom is 0.573 e. The molecule has 0 saturated heterocycles. The number of aliphatic carboxylic acids is 1. The molecular weight excluding hydrogens is 354 g/mol. The lowest BCUT2D eigenvalue weighted by Gasteiger charge is -2.14. The van der Waals surface area contributed by atoms with Crippen LogP contribution in [-0.2, 0) is 17.4 Å². The summed E-state index contributed by atoms with van der Waals surface area (Å²) in [4.78, 5) is 10.9. The van der Waals surface area contributed by atoms with Gasteiger partial charge in [0.1, 0.15) is 5.75 Å². The van der Waals surface area contributed by atoms with Gasteiger partial charge in [0.15, 0.2) is 0 Å². The predicted molar refractivity (Wildman–Crippen MR) is 74.9 cm³/mol. The van der Waals surface area contributed by atoms with E-state index in [-0.39, 0.29) is 16.7 Å². The molecule has 0 heterocycles. The van der Waals surface area contributed by atoms with E-state index < -0.39 is 36.2 Å². The molecule has 0 atom stereocenters. The number of ether oxygens (including phenoxy) is 1. The number of hydrogen-bond acceptors (Lipinski definition) is 2. The summed E-state index contributed by atoms with van der Waals surface area (Å²) in [6.45, 7) is 0. The van der Waals surface area contributed by atoms with Crippen LogP contribution in [0.3, 0.4) is 0 Å². The van der Waals surface area contributed by atoms with Crippen molar-refractivity contribution in [1.82, 2.24) is 0 Å². The highest BCUT2D eigenvalue weighted by molar-refractivity contribution is 5.77. The summed E-state index contributed by atoms with van der Waals surface area (Å²) in [5.74, 6) is -1.83. The number of benzene rings is 2. The molecule has 2 rings (SSSR count). The molecule has 3 nitrogen and oxygen atoms in total. The summed E-state index contributed by atoms with van der Waals surface area (Å²) < 4.78 is 78.5. The van der Waals surface area contributed by atoms with Crippen LogP contribution < -0.4 is 4.74 Å². The van der Waals surface area contributed by atoms with E-state index in [0.29, 0.717) is 6.07 Å². The quantitative estimate of drug-likeness (QED) is 0.785. The van der Waals surface area contributed by atoms with Crippen LogP contribution in [-0.4, -0.2) is 17.4 Å². The Balaban J connectivity index is 2.42. The first kappa shape index (κ1) is 18.6. The lowest BCUT2D eigenvalue weighted by Crippen LogP contribution is -2.16. The number of halogens is 6. The average molecular weight is 364 g/mol. The van der Waals surface area contributed by atoms with Crippen LogP contribution in [0.25, 0.3) is 11.1 Å². The second kappa shape index (κ2) is 6.66. The SMILES string of the molecule is O=C(O)Cc1cc(C(F)(F)F)ccc1-c1ccc(OC(F)(F)F)cc1. The molecule has 0 aliphatic heterocycles. The van der Waals surface area contributed by atoms with E-state index in [1.165, 1.54) is 12.1 Å². The van der Waals surface area contributed by atoms with Gasteiger partial charge in [0, 0.05) is 0 Å². The molecule has 0 amide bonds. The summed E-state index contributed by atoms with van der Waals surface area (Å²) in [5.41, 5.74) is -0.676. The third-order valence-corrected chi connectivity index (χ3v) is 3.17. The highest BCUT2D eigenvalue weighted by Gasteiger charge is 2.32. The Morgan fingerprint density at radius 3 is 2.04 bits per heavy atom. The van der Waals surface area contributed by atoms with Crippen molar-refractivity contribution in [3.05, 3.63) is 53.6 Å². The molecule has 0 unspecified atom stereocenters. The van der Waals surface area contributed by atoms with E-state index in [2.05, 4.69) is 4.74 Å². The molecule has 2 aromatic rings. The monoisotopic (exact) mass is 364 g/mol. The second-order valence-electron chi connectivity index (χ2n) is 5.01. The smallest absolute Gasteiger partial charge is 0.481 e. The van der Waals surface area contributed by atoms with E-state index in [1.54, 1.807) is 0 Å². The number of rotatable bonds is 4. The van der Waals surface area contributed by atoms with Gasteiger partial charge in [-0.3, -0.25) is 4.79 Å². The molecular formula is C16H10F6O3. The van der Waals surface area contributed by atoms with Crippen molar-refractivity contribution in [2.24, 2.45) is 0 Å². The average Bonchev–Trinajstić information content (AvgIpc) is 2.45. The van der Waals surface area contributed by atoms with E-state index in [9.17, 15) is 31.1 Å². The molecule has 9 heteroatoms. The van der Waals surface area contributed by atoms with Crippen LogP contribution in [0.1, 0.15) is 11.1 Å². The third kappa shape index (κ3) is 5.13. The maximum atomic E-state index is 12.8. The lowest BCUT2D eigenvalue weighted by molar-refractivity contribution is -0.274. The first-order valence-electron chi connectivity index (χ1n) is 6.74. The molecule has 0 spiro atoms. The zero-order valence-corrected chi connectivity index (χ0v) is 12.3. The predicted octanol–water partition coefficient (Wildman–Crippen LogP) is 4.90. The molecule has 0 saturated carbocycles. The van der Waals surface area contributed by atoms with Crippen molar-refractivity contribution in [2.45, 2.75) is 19.0 Å². The van der Waals surface area contributed by atoms with Gasteiger partial charge >= 0.3 is 18.5 Å². The zero-order chi connectivity index (χ0) is 18.8. The Kier molecular flexibility index (Phi) is 4.96. The van der Waals surface area contributed by atoms with Gasteiger partial charge in [-0.2, -0.15) is 13.2 Å². The van der Waals surface area contributed by atoms with Crippen molar-refractivity contribution in [2.75, 3.05) is 0 Å². The first-order valence-corrected chi connectivity index (χ1v) is 6.74.